The predicted molar refractivity (Wildman–Crippen MR) is 87.4 cm³/mol. The van der Waals surface area contributed by atoms with E-state index in [4.69, 9.17) is 0 Å². The number of pyridine rings is 1. The van der Waals surface area contributed by atoms with E-state index in [1.807, 2.05) is 42.5 Å². The largest absolute Gasteiger partial charge is 0.354 e. The lowest BCUT2D eigenvalue weighted by Crippen LogP contribution is -2.06. The highest BCUT2D eigenvalue weighted by atomic mass is 19.1. The number of rotatable bonds is 1. The van der Waals surface area contributed by atoms with Gasteiger partial charge in [-0.1, -0.05) is 36.4 Å². The van der Waals surface area contributed by atoms with E-state index in [1.165, 1.54) is 0 Å². The Bertz CT molecular complexity index is 1100. The Morgan fingerprint density at radius 2 is 1.57 bits per heavy atom. The molecule has 0 amide bonds. The number of hydrogen-bond donors (Lipinski definition) is 1. The lowest BCUT2D eigenvalue weighted by molar-refractivity contribution is 0.591. The van der Waals surface area contributed by atoms with Gasteiger partial charge in [0.05, 0.1) is 16.4 Å². The number of aromatic nitrogens is 1. The van der Waals surface area contributed by atoms with Crippen molar-refractivity contribution in [2.24, 2.45) is 0 Å². The molecule has 4 aromatic rings. The highest BCUT2D eigenvalue weighted by molar-refractivity contribution is 5.94. The lowest BCUT2D eigenvalue weighted by Gasteiger charge is -2.07. The second-order valence-electron chi connectivity index (χ2n) is 5.39. The first-order valence-electron chi connectivity index (χ1n) is 7.14. The molecule has 23 heavy (non-hydrogen) atoms. The summed E-state index contributed by atoms with van der Waals surface area (Å²) in [6.45, 7) is 0. The van der Waals surface area contributed by atoms with E-state index in [0.717, 1.165) is 23.3 Å². The Morgan fingerprint density at radius 1 is 0.783 bits per heavy atom. The van der Waals surface area contributed by atoms with E-state index >= 15 is 0 Å². The molecular weight excluding hydrogens is 296 g/mol. The van der Waals surface area contributed by atoms with Crippen molar-refractivity contribution in [3.63, 3.8) is 0 Å². The molecule has 0 fully saturated rings. The number of hydrogen-bond acceptors (Lipinski definition) is 1. The summed E-state index contributed by atoms with van der Waals surface area (Å²) in [4.78, 5) is 15.4. The van der Waals surface area contributed by atoms with Gasteiger partial charge in [0.1, 0.15) is 11.6 Å². The predicted octanol–water partition coefficient (Wildman–Crippen LogP) is 4.63. The Morgan fingerprint density at radius 3 is 2.35 bits per heavy atom. The molecule has 1 N–H and O–H groups in total. The van der Waals surface area contributed by atoms with E-state index < -0.39 is 17.1 Å². The van der Waals surface area contributed by atoms with E-state index in [2.05, 4.69) is 4.98 Å². The molecule has 112 valence electrons. The maximum absolute atomic E-state index is 13.9. The third-order valence-corrected chi connectivity index (χ3v) is 3.92. The fourth-order valence-electron chi connectivity index (χ4n) is 2.84. The van der Waals surface area contributed by atoms with Crippen LogP contribution in [0.25, 0.3) is 32.9 Å². The van der Waals surface area contributed by atoms with Crippen molar-refractivity contribution >= 4 is 21.8 Å². The molecule has 0 aliphatic carbocycles. The molecule has 0 unspecified atom stereocenters. The van der Waals surface area contributed by atoms with Crippen LogP contribution in [0, 0.1) is 11.6 Å². The van der Waals surface area contributed by atoms with Crippen LogP contribution in [0.4, 0.5) is 8.78 Å². The van der Waals surface area contributed by atoms with Gasteiger partial charge in [-0.25, -0.2) is 8.78 Å². The fraction of sp³-hybridized carbons (Fsp3) is 0. The van der Waals surface area contributed by atoms with Crippen molar-refractivity contribution < 1.29 is 8.78 Å². The van der Waals surface area contributed by atoms with E-state index in [1.54, 1.807) is 6.07 Å². The first-order chi connectivity index (χ1) is 11.1. The van der Waals surface area contributed by atoms with Crippen LogP contribution in [0.5, 0.6) is 0 Å². The molecule has 4 rings (SSSR count). The SMILES string of the molecule is O=c1c2ccc(-c3ccccc3)cc2[nH]c2cc(F)cc(F)c12. The van der Waals surface area contributed by atoms with Crippen LogP contribution in [0.1, 0.15) is 0 Å². The van der Waals surface area contributed by atoms with Gasteiger partial charge in [0.15, 0.2) is 5.43 Å². The van der Waals surface area contributed by atoms with Crippen LogP contribution in [0.3, 0.4) is 0 Å². The number of fused-ring (bicyclic) bond motifs is 2. The normalized spacial score (nSPS) is 11.2. The van der Waals surface area contributed by atoms with Crippen molar-refractivity contribution in [1.29, 1.82) is 0 Å². The maximum atomic E-state index is 13.9. The molecule has 0 radical (unpaired) electrons. The Balaban J connectivity index is 2.06. The zero-order chi connectivity index (χ0) is 16.0. The summed E-state index contributed by atoms with van der Waals surface area (Å²) in [6.07, 6.45) is 0. The molecular formula is C19H11F2NO. The third kappa shape index (κ3) is 2.19. The highest BCUT2D eigenvalue weighted by Gasteiger charge is 2.12. The third-order valence-electron chi connectivity index (χ3n) is 3.92. The van der Waals surface area contributed by atoms with Gasteiger partial charge in [0.2, 0.25) is 0 Å². The van der Waals surface area contributed by atoms with Crippen molar-refractivity contribution in [2.75, 3.05) is 0 Å². The van der Waals surface area contributed by atoms with Gasteiger partial charge in [-0.15, -0.1) is 0 Å². The molecule has 0 aliphatic rings. The van der Waals surface area contributed by atoms with Gasteiger partial charge in [-0.05, 0) is 29.3 Å². The van der Waals surface area contributed by atoms with Gasteiger partial charge in [-0.2, -0.15) is 0 Å². The summed E-state index contributed by atoms with van der Waals surface area (Å²) in [6, 6.07) is 16.8. The highest BCUT2D eigenvalue weighted by Crippen LogP contribution is 2.24. The van der Waals surface area contributed by atoms with E-state index in [9.17, 15) is 13.6 Å². The van der Waals surface area contributed by atoms with Crippen LogP contribution >= 0.6 is 0 Å². The number of H-pyrrole nitrogens is 1. The van der Waals surface area contributed by atoms with Gasteiger partial charge >= 0.3 is 0 Å². The minimum atomic E-state index is -0.852. The van der Waals surface area contributed by atoms with Crippen LogP contribution in [0.2, 0.25) is 0 Å². The minimum absolute atomic E-state index is 0.119. The van der Waals surface area contributed by atoms with Crippen LogP contribution in [-0.4, -0.2) is 4.98 Å². The standard InChI is InChI=1S/C19H11F2NO/c20-13-9-15(21)18-17(10-13)22-16-8-12(6-7-14(16)19(18)23)11-4-2-1-3-5-11/h1-10H,(H,22,23). The van der Waals surface area contributed by atoms with Crippen molar-refractivity contribution in [3.05, 3.63) is 82.5 Å². The summed E-state index contributed by atoms with van der Waals surface area (Å²) in [5.41, 5.74) is 2.19. The van der Waals surface area contributed by atoms with Gasteiger partial charge in [0.25, 0.3) is 0 Å². The number of aromatic amines is 1. The fourth-order valence-corrected chi connectivity index (χ4v) is 2.84. The number of benzene rings is 3. The second kappa shape index (κ2) is 5.02. The first-order valence-corrected chi connectivity index (χ1v) is 7.14. The van der Waals surface area contributed by atoms with Crippen LogP contribution in [-0.2, 0) is 0 Å². The van der Waals surface area contributed by atoms with E-state index in [-0.39, 0.29) is 10.9 Å². The topological polar surface area (TPSA) is 32.9 Å². The smallest absolute Gasteiger partial charge is 0.200 e. The summed E-state index contributed by atoms with van der Waals surface area (Å²) >= 11 is 0. The molecule has 0 aliphatic heterocycles. The zero-order valence-corrected chi connectivity index (χ0v) is 11.9. The molecule has 0 bridgehead atoms. The summed E-state index contributed by atoms with van der Waals surface area (Å²) in [7, 11) is 0. The zero-order valence-electron chi connectivity index (χ0n) is 11.9. The molecule has 2 nitrogen and oxygen atoms in total. The van der Waals surface area contributed by atoms with Crippen molar-refractivity contribution in [1.82, 2.24) is 4.98 Å². The summed E-state index contributed by atoms with van der Waals surface area (Å²) in [5, 5.41) is 0.258. The van der Waals surface area contributed by atoms with Crippen molar-refractivity contribution in [3.8, 4) is 11.1 Å². The molecule has 3 aromatic carbocycles. The van der Waals surface area contributed by atoms with Gasteiger partial charge in [-0.3, -0.25) is 4.79 Å². The number of nitrogens with one attached hydrogen (secondary N) is 1. The molecule has 4 heteroatoms. The summed E-state index contributed by atoms with van der Waals surface area (Å²) in [5.74, 6) is -1.57. The number of halogens is 2. The molecule has 0 saturated carbocycles. The van der Waals surface area contributed by atoms with Gasteiger partial charge < -0.3 is 4.98 Å². The average molecular weight is 307 g/mol. The lowest BCUT2D eigenvalue weighted by atomic mass is 10.0. The molecule has 1 heterocycles. The average Bonchev–Trinajstić information content (AvgIpc) is 2.54. The summed E-state index contributed by atoms with van der Waals surface area (Å²) < 4.78 is 27.3. The first kappa shape index (κ1) is 13.6. The molecule has 0 saturated heterocycles. The van der Waals surface area contributed by atoms with Crippen LogP contribution in [0.15, 0.2) is 65.5 Å². The Hall–Kier alpha value is -3.01. The van der Waals surface area contributed by atoms with Crippen molar-refractivity contribution in [2.45, 2.75) is 0 Å². The molecule has 0 atom stereocenters. The Kier molecular flexibility index (Phi) is 2.98. The maximum Gasteiger partial charge on any atom is 0.200 e. The molecule has 0 spiro atoms. The van der Waals surface area contributed by atoms with E-state index in [0.29, 0.717) is 10.9 Å². The van der Waals surface area contributed by atoms with Crippen LogP contribution < -0.4 is 5.43 Å². The minimum Gasteiger partial charge on any atom is -0.354 e. The van der Waals surface area contributed by atoms with Gasteiger partial charge in [0, 0.05) is 11.5 Å². The quantitative estimate of drug-likeness (QED) is 0.511. The molecule has 1 aromatic heterocycles. The second-order valence-corrected chi connectivity index (χ2v) is 5.39. The Labute approximate surface area is 130 Å². The monoisotopic (exact) mass is 307 g/mol.